The maximum absolute atomic E-state index is 10.8. The van der Waals surface area contributed by atoms with E-state index in [0.29, 0.717) is 5.75 Å². The molecule has 0 radical (unpaired) electrons. The molecule has 0 saturated heterocycles. The minimum Gasteiger partial charge on any atom is -0.482 e. The summed E-state index contributed by atoms with van der Waals surface area (Å²) in [5.41, 5.74) is 6.72. The van der Waals surface area contributed by atoms with Crippen molar-refractivity contribution in [1.29, 1.82) is 0 Å². The lowest BCUT2D eigenvalue weighted by molar-refractivity contribution is -0.142. The highest BCUT2D eigenvalue weighted by Gasteiger charge is 2.02. The normalized spacial score (nSPS) is 11.9. The molecule has 1 aromatic rings. The molecular formula is C11H15NO3. The number of hydrogen-bond acceptors (Lipinski definition) is 4. The van der Waals surface area contributed by atoms with Gasteiger partial charge in [0.1, 0.15) is 5.75 Å². The summed E-state index contributed by atoms with van der Waals surface area (Å²) >= 11 is 0. The smallest absolute Gasteiger partial charge is 0.343 e. The van der Waals surface area contributed by atoms with Crippen LogP contribution < -0.4 is 10.5 Å². The number of hydrogen-bond donors (Lipinski definition) is 1. The Kier molecular flexibility index (Phi) is 4.12. The van der Waals surface area contributed by atoms with E-state index in [-0.39, 0.29) is 12.6 Å². The molecule has 15 heavy (non-hydrogen) atoms. The first-order valence-corrected chi connectivity index (χ1v) is 4.68. The van der Waals surface area contributed by atoms with Gasteiger partial charge in [-0.1, -0.05) is 12.1 Å². The van der Waals surface area contributed by atoms with Gasteiger partial charge in [0.2, 0.25) is 0 Å². The van der Waals surface area contributed by atoms with Gasteiger partial charge >= 0.3 is 5.97 Å². The number of carbonyl (C=O) groups is 1. The fourth-order valence-corrected chi connectivity index (χ4v) is 1.07. The van der Waals surface area contributed by atoms with Crippen LogP contribution in [0.15, 0.2) is 24.3 Å². The van der Waals surface area contributed by atoms with Crippen molar-refractivity contribution in [1.82, 2.24) is 0 Å². The van der Waals surface area contributed by atoms with Crippen LogP contribution in [0.1, 0.15) is 18.5 Å². The fraction of sp³-hybridized carbons (Fsp3) is 0.364. The quantitative estimate of drug-likeness (QED) is 0.758. The van der Waals surface area contributed by atoms with Crippen LogP contribution in [0, 0.1) is 0 Å². The summed E-state index contributed by atoms with van der Waals surface area (Å²) in [6.07, 6.45) is 0. The van der Waals surface area contributed by atoms with Crippen molar-refractivity contribution >= 4 is 5.97 Å². The molecule has 0 aliphatic carbocycles. The van der Waals surface area contributed by atoms with Crippen molar-refractivity contribution in [3.8, 4) is 5.75 Å². The van der Waals surface area contributed by atoms with E-state index in [1.54, 1.807) is 12.1 Å². The van der Waals surface area contributed by atoms with Crippen molar-refractivity contribution in [2.75, 3.05) is 13.7 Å². The first-order chi connectivity index (χ1) is 7.13. The molecule has 4 heteroatoms. The largest absolute Gasteiger partial charge is 0.482 e. The van der Waals surface area contributed by atoms with Gasteiger partial charge in [-0.3, -0.25) is 0 Å². The Morgan fingerprint density at radius 3 is 2.47 bits per heavy atom. The minimum atomic E-state index is -0.397. The first-order valence-electron chi connectivity index (χ1n) is 4.68. The predicted molar refractivity (Wildman–Crippen MR) is 56.6 cm³/mol. The third-order valence-electron chi connectivity index (χ3n) is 1.99. The average molecular weight is 209 g/mol. The Balaban J connectivity index is 2.53. The van der Waals surface area contributed by atoms with Crippen molar-refractivity contribution in [2.45, 2.75) is 13.0 Å². The average Bonchev–Trinajstić information content (AvgIpc) is 2.26. The monoisotopic (exact) mass is 209 g/mol. The molecule has 0 spiro atoms. The number of benzene rings is 1. The van der Waals surface area contributed by atoms with Crippen LogP contribution in [0.2, 0.25) is 0 Å². The Morgan fingerprint density at radius 1 is 1.40 bits per heavy atom. The number of ether oxygens (including phenoxy) is 2. The standard InChI is InChI=1S/C11H15NO3/c1-8(12)9-3-5-10(6-4-9)15-7-11(13)14-2/h3-6,8H,7,12H2,1-2H3. The van der Waals surface area contributed by atoms with Gasteiger partial charge in [-0.15, -0.1) is 0 Å². The Labute approximate surface area is 89.0 Å². The van der Waals surface area contributed by atoms with Crippen molar-refractivity contribution in [2.24, 2.45) is 5.73 Å². The second-order valence-electron chi connectivity index (χ2n) is 3.22. The van der Waals surface area contributed by atoms with E-state index in [0.717, 1.165) is 5.56 Å². The highest BCUT2D eigenvalue weighted by molar-refractivity contribution is 5.70. The zero-order chi connectivity index (χ0) is 11.3. The highest BCUT2D eigenvalue weighted by atomic mass is 16.6. The predicted octanol–water partition coefficient (Wildman–Crippen LogP) is 1.26. The molecule has 2 N–H and O–H groups in total. The lowest BCUT2D eigenvalue weighted by Gasteiger charge is -2.07. The number of nitrogens with two attached hydrogens (primary N) is 1. The molecule has 0 aliphatic heterocycles. The Morgan fingerprint density at radius 2 is 2.00 bits per heavy atom. The van der Waals surface area contributed by atoms with E-state index in [1.807, 2.05) is 19.1 Å². The highest BCUT2D eigenvalue weighted by Crippen LogP contribution is 2.15. The lowest BCUT2D eigenvalue weighted by atomic mass is 10.1. The molecule has 0 fully saturated rings. The Bertz CT molecular complexity index is 319. The van der Waals surface area contributed by atoms with Crippen LogP contribution in [0.4, 0.5) is 0 Å². The summed E-state index contributed by atoms with van der Waals surface area (Å²) in [5.74, 6) is 0.232. The fourth-order valence-electron chi connectivity index (χ4n) is 1.07. The molecule has 1 atom stereocenters. The van der Waals surface area contributed by atoms with Crippen LogP contribution in [0.3, 0.4) is 0 Å². The zero-order valence-corrected chi connectivity index (χ0v) is 8.90. The molecular weight excluding hydrogens is 194 g/mol. The summed E-state index contributed by atoms with van der Waals surface area (Å²) < 4.78 is 9.63. The molecule has 1 unspecified atom stereocenters. The van der Waals surface area contributed by atoms with Crippen LogP contribution in [0.5, 0.6) is 5.75 Å². The topological polar surface area (TPSA) is 61.5 Å². The number of rotatable bonds is 4. The molecule has 82 valence electrons. The van der Waals surface area contributed by atoms with Crippen LogP contribution in [-0.2, 0) is 9.53 Å². The molecule has 0 amide bonds. The molecule has 1 rings (SSSR count). The molecule has 1 aromatic carbocycles. The number of carbonyl (C=O) groups excluding carboxylic acids is 1. The van der Waals surface area contributed by atoms with E-state index in [2.05, 4.69) is 4.74 Å². The maximum atomic E-state index is 10.8. The second-order valence-corrected chi connectivity index (χ2v) is 3.22. The summed E-state index contributed by atoms with van der Waals surface area (Å²) in [6.45, 7) is 1.83. The van der Waals surface area contributed by atoms with E-state index < -0.39 is 5.97 Å². The van der Waals surface area contributed by atoms with Crippen molar-refractivity contribution in [3.63, 3.8) is 0 Å². The van der Waals surface area contributed by atoms with Gasteiger partial charge in [0.15, 0.2) is 6.61 Å². The van der Waals surface area contributed by atoms with E-state index in [1.165, 1.54) is 7.11 Å². The van der Waals surface area contributed by atoms with Gasteiger partial charge in [-0.05, 0) is 24.6 Å². The molecule has 0 bridgehead atoms. The molecule has 0 saturated carbocycles. The molecule has 0 heterocycles. The molecule has 4 nitrogen and oxygen atoms in total. The third-order valence-corrected chi connectivity index (χ3v) is 1.99. The third kappa shape index (κ3) is 3.59. The summed E-state index contributed by atoms with van der Waals surface area (Å²) in [6, 6.07) is 7.30. The van der Waals surface area contributed by atoms with Gasteiger partial charge in [-0.25, -0.2) is 4.79 Å². The van der Waals surface area contributed by atoms with E-state index in [9.17, 15) is 4.79 Å². The van der Waals surface area contributed by atoms with Gasteiger partial charge in [0.05, 0.1) is 7.11 Å². The summed E-state index contributed by atoms with van der Waals surface area (Å²) in [5, 5.41) is 0. The summed E-state index contributed by atoms with van der Waals surface area (Å²) in [7, 11) is 1.32. The summed E-state index contributed by atoms with van der Waals surface area (Å²) in [4.78, 5) is 10.8. The zero-order valence-electron chi connectivity index (χ0n) is 8.90. The van der Waals surface area contributed by atoms with Crippen LogP contribution in [0.25, 0.3) is 0 Å². The van der Waals surface area contributed by atoms with Gasteiger partial charge in [0, 0.05) is 6.04 Å². The molecule has 0 aromatic heterocycles. The van der Waals surface area contributed by atoms with E-state index in [4.69, 9.17) is 10.5 Å². The van der Waals surface area contributed by atoms with Crippen LogP contribution >= 0.6 is 0 Å². The maximum Gasteiger partial charge on any atom is 0.343 e. The SMILES string of the molecule is COC(=O)COc1ccc(C(C)N)cc1. The Hall–Kier alpha value is -1.55. The van der Waals surface area contributed by atoms with Crippen molar-refractivity contribution < 1.29 is 14.3 Å². The number of methoxy groups -OCH3 is 1. The minimum absolute atomic E-state index is 0.000318. The lowest BCUT2D eigenvalue weighted by Crippen LogP contribution is -2.12. The van der Waals surface area contributed by atoms with Crippen molar-refractivity contribution in [3.05, 3.63) is 29.8 Å². The molecule has 0 aliphatic rings. The van der Waals surface area contributed by atoms with Gasteiger partial charge in [-0.2, -0.15) is 0 Å². The van der Waals surface area contributed by atoms with Gasteiger partial charge in [0.25, 0.3) is 0 Å². The van der Waals surface area contributed by atoms with Crippen LogP contribution in [-0.4, -0.2) is 19.7 Å². The first kappa shape index (κ1) is 11.5. The second kappa shape index (κ2) is 5.36. The number of esters is 1. The van der Waals surface area contributed by atoms with E-state index >= 15 is 0 Å². The van der Waals surface area contributed by atoms with Gasteiger partial charge < -0.3 is 15.2 Å².